The van der Waals surface area contributed by atoms with Gasteiger partial charge >= 0.3 is 0 Å². The van der Waals surface area contributed by atoms with Gasteiger partial charge in [-0.1, -0.05) is 12.8 Å². The largest absolute Gasteiger partial charge is 0.378 e. The number of fused-ring (bicyclic) bond motifs is 1. The number of carbonyl (C=O) groups excluding carboxylic acids is 2. The van der Waals surface area contributed by atoms with E-state index < -0.39 is 0 Å². The third-order valence-electron chi connectivity index (χ3n) is 7.21. The van der Waals surface area contributed by atoms with E-state index in [1.807, 2.05) is 33.7 Å². The minimum absolute atomic E-state index is 0.0510. The fourth-order valence-electron chi connectivity index (χ4n) is 5.02. The second-order valence-electron chi connectivity index (χ2n) is 9.60. The molecule has 3 aromatic heterocycles. The first-order valence-electron chi connectivity index (χ1n) is 13.0. The molecule has 0 radical (unpaired) electrons. The molecule has 9 heteroatoms. The number of hydrogen-bond donors (Lipinski definition) is 1. The average molecular weight is 491 g/mol. The molecule has 2 aliphatic rings. The Labute approximate surface area is 211 Å². The number of piperidine rings is 1. The van der Waals surface area contributed by atoms with Crippen molar-refractivity contribution in [2.24, 2.45) is 5.92 Å². The Kier molecular flexibility index (Phi) is 7.76. The van der Waals surface area contributed by atoms with Gasteiger partial charge in [-0.2, -0.15) is 0 Å². The van der Waals surface area contributed by atoms with E-state index in [-0.39, 0.29) is 11.8 Å². The number of anilines is 1. The van der Waals surface area contributed by atoms with Crippen molar-refractivity contribution >= 4 is 23.3 Å². The molecular formula is C27H34N6O3. The first kappa shape index (κ1) is 24.2. The summed E-state index contributed by atoms with van der Waals surface area (Å²) in [5.41, 5.74) is 2.13. The number of ether oxygens (including phenoxy) is 1. The van der Waals surface area contributed by atoms with Gasteiger partial charge in [0.2, 0.25) is 0 Å². The van der Waals surface area contributed by atoms with Crippen LogP contribution in [0.2, 0.25) is 0 Å². The second-order valence-corrected chi connectivity index (χ2v) is 9.60. The maximum Gasteiger partial charge on any atom is 0.255 e. The smallest absolute Gasteiger partial charge is 0.255 e. The zero-order chi connectivity index (χ0) is 24.7. The third kappa shape index (κ3) is 5.84. The van der Waals surface area contributed by atoms with Crippen molar-refractivity contribution in [1.29, 1.82) is 0 Å². The molecule has 0 bridgehead atoms. The molecule has 2 amide bonds. The number of imidazole rings is 1. The van der Waals surface area contributed by atoms with Crippen LogP contribution in [0.4, 0.5) is 5.82 Å². The summed E-state index contributed by atoms with van der Waals surface area (Å²) >= 11 is 0. The first-order valence-corrected chi connectivity index (χ1v) is 13.0. The monoisotopic (exact) mass is 490 g/mol. The van der Waals surface area contributed by atoms with Crippen LogP contribution >= 0.6 is 0 Å². The van der Waals surface area contributed by atoms with Crippen molar-refractivity contribution in [1.82, 2.24) is 24.6 Å². The molecule has 190 valence electrons. The molecule has 2 fully saturated rings. The fourth-order valence-corrected chi connectivity index (χ4v) is 5.02. The molecule has 0 spiro atoms. The number of nitrogens with zero attached hydrogens (tertiary/aromatic N) is 5. The second kappa shape index (κ2) is 11.5. The molecule has 3 aromatic rings. The molecule has 0 atom stereocenters. The van der Waals surface area contributed by atoms with Gasteiger partial charge in [0.05, 0.1) is 24.3 Å². The number of unbranched alkanes of at least 4 members (excludes halogenated alkanes) is 1. The Bertz CT molecular complexity index is 1160. The van der Waals surface area contributed by atoms with Crippen LogP contribution in [0.15, 0.2) is 49.1 Å². The molecule has 1 N–H and O–H groups in total. The molecule has 9 nitrogen and oxygen atoms in total. The van der Waals surface area contributed by atoms with Gasteiger partial charge in [-0.05, 0) is 49.4 Å². The summed E-state index contributed by atoms with van der Waals surface area (Å²) in [7, 11) is 0. The van der Waals surface area contributed by atoms with E-state index in [2.05, 4.69) is 20.2 Å². The van der Waals surface area contributed by atoms with E-state index in [9.17, 15) is 9.59 Å². The van der Waals surface area contributed by atoms with Crippen LogP contribution in [0.1, 0.15) is 52.8 Å². The van der Waals surface area contributed by atoms with Gasteiger partial charge in [-0.25, -0.2) is 9.97 Å². The highest BCUT2D eigenvalue weighted by Crippen LogP contribution is 2.24. The van der Waals surface area contributed by atoms with Crippen molar-refractivity contribution in [2.45, 2.75) is 32.1 Å². The number of hydrogen-bond acceptors (Lipinski definition) is 6. The normalized spacial score (nSPS) is 16.9. The molecule has 2 aliphatic heterocycles. The molecule has 0 unspecified atom stereocenters. The Balaban J connectivity index is 0.990. The number of carbonyl (C=O) groups is 2. The van der Waals surface area contributed by atoms with Crippen LogP contribution in [0, 0.1) is 5.92 Å². The zero-order valence-corrected chi connectivity index (χ0v) is 20.6. The molecular weight excluding hydrogens is 456 g/mol. The van der Waals surface area contributed by atoms with Crippen molar-refractivity contribution in [2.75, 3.05) is 50.8 Å². The Morgan fingerprint density at radius 3 is 2.56 bits per heavy atom. The highest BCUT2D eigenvalue weighted by Gasteiger charge is 2.24. The number of amides is 2. The molecule has 5 heterocycles. The van der Waals surface area contributed by atoms with Crippen molar-refractivity contribution in [3.05, 3.63) is 60.2 Å². The predicted molar refractivity (Wildman–Crippen MR) is 137 cm³/mol. The predicted octanol–water partition coefficient (Wildman–Crippen LogP) is 3.02. The molecule has 0 aromatic carbocycles. The quantitative estimate of drug-likeness (QED) is 0.488. The summed E-state index contributed by atoms with van der Waals surface area (Å²) in [6, 6.07) is 7.50. The number of pyridine rings is 2. The van der Waals surface area contributed by atoms with Gasteiger partial charge in [-0.15, -0.1) is 0 Å². The van der Waals surface area contributed by atoms with Gasteiger partial charge in [-0.3, -0.25) is 9.59 Å². The van der Waals surface area contributed by atoms with E-state index in [1.54, 1.807) is 24.7 Å². The summed E-state index contributed by atoms with van der Waals surface area (Å²) in [5.74, 6) is 1.56. The van der Waals surface area contributed by atoms with E-state index in [0.29, 0.717) is 23.6 Å². The lowest BCUT2D eigenvalue weighted by Crippen LogP contribution is -2.39. The number of rotatable bonds is 8. The molecule has 0 saturated carbocycles. The van der Waals surface area contributed by atoms with Crippen LogP contribution in [0.5, 0.6) is 0 Å². The Morgan fingerprint density at radius 1 is 0.972 bits per heavy atom. The molecule has 2 saturated heterocycles. The van der Waals surface area contributed by atoms with Crippen LogP contribution in [0.25, 0.3) is 5.65 Å². The van der Waals surface area contributed by atoms with E-state index in [1.165, 1.54) is 0 Å². The summed E-state index contributed by atoms with van der Waals surface area (Å²) in [6.07, 6.45) is 12.3. The van der Waals surface area contributed by atoms with Gasteiger partial charge in [0, 0.05) is 57.5 Å². The van der Waals surface area contributed by atoms with Gasteiger partial charge in [0.25, 0.3) is 11.8 Å². The number of nitrogens with one attached hydrogen (secondary N) is 1. The Hall–Kier alpha value is -3.46. The van der Waals surface area contributed by atoms with E-state index in [4.69, 9.17) is 4.74 Å². The van der Waals surface area contributed by atoms with Crippen LogP contribution in [-0.2, 0) is 4.74 Å². The summed E-state index contributed by atoms with van der Waals surface area (Å²) in [5, 5.41) is 3.02. The summed E-state index contributed by atoms with van der Waals surface area (Å²) in [4.78, 5) is 38.2. The lowest BCUT2D eigenvalue weighted by molar-refractivity contribution is 0.0685. The summed E-state index contributed by atoms with van der Waals surface area (Å²) < 4.78 is 7.24. The minimum Gasteiger partial charge on any atom is -0.378 e. The van der Waals surface area contributed by atoms with Gasteiger partial charge < -0.3 is 24.3 Å². The lowest BCUT2D eigenvalue weighted by Gasteiger charge is -2.32. The third-order valence-corrected chi connectivity index (χ3v) is 7.21. The van der Waals surface area contributed by atoms with Crippen molar-refractivity contribution in [3.8, 4) is 0 Å². The van der Waals surface area contributed by atoms with E-state index in [0.717, 1.165) is 83.0 Å². The molecule has 0 aliphatic carbocycles. The SMILES string of the molecule is O=C(NCCCCC1CCN(C(=O)c2ccc(N3CCOCC3)nc2)CC1)c1ccc2nccn2c1. The maximum absolute atomic E-state index is 12.9. The highest BCUT2D eigenvalue weighted by molar-refractivity contribution is 5.94. The fraction of sp³-hybridized carbons (Fsp3) is 0.481. The highest BCUT2D eigenvalue weighted by atomic mass is 16.5. The standard InChI is InChI=1S/C27H34N6O3/c34-26(23-5-7-24-28-11-14-33(24)20-23)29-10-2-1-3-21-8-12-32(13-9-21)27(35)22-4-6-25(30-19-22)31-15-17-36-18-16-31/h4-7,11,14,19-21H,1-3,8-10,12-13,15-18H2,(H,29,34). The van der Waals surface area contributed by atoms with Gasteiger partial charge in [0.1, 0.15) is 11.5 Å². The topological polar surface area (TPSA) is 92.1 Å². The van der Waals surface area contributed by atoms with Gasteiger partial charge in [0.15, 0.2) is 0 Å². The minimum atomic E-state index is -0.0510. The lowest BCUT2D eigenvalue weighted by atomic mass is 9.91. The zero-order valence-electron chi connectivity index (χ0n) is 20.6. The number of aromatic nitrogens is 3. The Morgan fingerprint density at radius 2 is 1.78 bits per heavy atom. The van der Waals surface area contributed by atoms with Crippen LogP contribution in [0.3, 0.4) is 0 Å². The van der Waals surface area contributed by atoms with E-state index >= 15 is 0 Å². The van der Waals surface area contributed by atoms with Crippen LogP contribution < -0.4 is 10.2 Å². The molecule has 5 rings (SSSR count). The first-order chi connectivity index (χ1) is 17.7. The molecule has 36 heavy (non-hydrogen) atoms. The van der Waals surface area contributed by atoms with Crippen molar-refractivity contribution < 1.29 is 14.3 Å². The number of likely N-dealkylation sites (tertiary alicyclic amines) is 1. The van der Waals surface area contributed by atoms with Crippen LogP contribution in [-0.4, -0.2) is 77.0 Å². The average Bonchev–Trinajstić information content (AvgIpc) is 3.41. The number of morpholine rings is 1. The summed E-state index contributed by atoms with van der Waals surface area (Å²) in [6.45, 7) is 5.37. The van der Waals surface area contributed by atoms with Crippen molar-refractivity contribution in [3.63, 3.8) is 0 Å². The maximum atomic E-state index is 12.9.